The molecule has 254 valence electrons. The number of carbonyl (C=O) groups is 3. The van der Waals surface area contributed by atoms with E-state index in [1.807, 2.05) is 22.9 Å². The Morgan fingerprint density at radius 2 is 1.33 bits per heavy atom. The quantitative estimate of drug-likeness (QED) is 0.166. The molecular formula is C35H36N6O6S2. The highest BCUT2D eigenvalue weighted by Gasteiger charge is 2.31. The largest absolute Gasteiger partial charge is 0.497 e. The second-order valence-corrected chi connectivity index (χ2v) is 13.5. The first kappa shape index (κ1) is 35.0. The molecular weight excluding hydrogens is 665 g/mol. The number of nitrogens with zero attached hydrogens (tertiary/aromatic N) is 3. The summed E-state index contributed by atoms with van der Waals surface area (Å²) in [6.07, 6.45) is 0.0948. The Morgan fingerprint density at radius 1 is 0.776 bits per heavy atom. The molecule has 1 heterocycles. The monoisotopic (exact) mass is 700 g/mol. The number of rotatable bonds is 13. The van der Waals surface area contributed by atoms with Crippen LogP contribution in [0.2, 0.25) is 0 Å². The number of fused-ring (bicyclic) bond motifs is 1. The van der Waals surface area contributed by atoms with E-state index < -0.39 is 40.1 Å². The lowest BCUT2D eigenvalue weighted by atomic mass is 10.0. The number of hydrogen-bond acceptors (Lipinski definition) is 8. The number of amides is 4. The summed E-state index contributed by atoms with van der Waals surface area (Å²) in [4.78, 5) is 47.8. The maximum Gasteiger partial charge on any atom is 0.330 e. The molecule has 0 spiro atoms. The molecule has 0 bridgehead atoms. The summed E-state index contributed by atoms with van der Waals surface area (Å²) >= 11 is 1.47. The van der Waals surface area contributed by atoms with Gasteiger partial charge in [-0.1, -0.05) is 60.7 Å². The molecule has 0 radical (unpaired) electrons. The third kappa shape index (κ3) is 9.19. The second-order valence-electron chi connectivity index (χ2n) is 11.2. The highest BCUT2D eigenvalue weighted by Crippen LogP contribution is 2.24. The lowest BCUT2D eigenvalue weighted by Gasteiger charge is -2.26. The van der Waals surface area contributed by atoms with E-state index >= 15 is 0 Å². The van der Waals surface area contributed by atoms with Crippen molar-refractivity contribution in [2.75, 3.05) is 31.0 Å². The Labute approximate surface area is 288 Å². The predicted molar refractivity (Wildman–Crippen MR) is 191 cm³/mol. The van der Waals surface area contributed by atoms with Gasteiger partial charge in [-0.2, -0.15) is 13.1 Å². The molecule has 0 saturated carbocycles. The minimum absolute atomic E-state index is 0.00589. The maximum absolute atomic E-state index is 13.8. The molecule has 0 aliphatic rings. The van der Waals surface area contributed by atoms with Crippen LogP contribution in [0.1, 0.15) is 11.1 Å². The van der Waals surface area contributed by atoms with Gasteiger partial charge in [0.25, 0.3) is 0 Å². The van der Waals surface area contributed by atoms with Crippen molar-refractivity contribution in [2.24, 2.45) is 0 Å². The van der Waals surface area contributed by atoms with Crippen LogP contribution in [0.4, 0.5) is 16.2 Å². The Bertz CT molecular complexity index is 2010. The van der Waals surface area contributed by atoms with Gasteiger partial charge in [0.05, 0.1) is 22.8 Å². The summed E-state index contributed by atoms with van der Waals surface area (Å²) in [5, 5.41) is 2.53. The minimum Gasteiger partial charge on any atom is -0.497 e. The molecule has 0 unspecified atom stereocenters. The molecule has 12 nitrogen and oxygen atoms in total. The van der Waals surface area contributed by atoms with Crippen molar-refractivity contribution < 1.29 is 27.5 Å². The third-order valence-corrected chi connectivity index (χ3v) is 9.67. The van der Waals surface area contributed by atoms with Crippen LogP contribution in [0.25, 0.3) is 10.2 Å². The van der Waals surface area contributed by atoms with Gasteiger partial charge in [0.15, 0.2) is 0 Å². The molecule has 14 heteroatoms. The third-order valence-electron chi connectivity index (χ3n) is 7.81. The second kappa shape index (κ2) is 15.7. The number of methoxy groups -OCH3 is 1. The summed E-state index contributed by atoms with van der Waals surface area (Å²) in [6, 6.07) is 26.5. The summed E-state index contributed by atoms with van der Waals surface area (Å²) < 4.78 is 37.2. The van der Waals surface area contributed by atoms with Gasteiger partial charge in [-0.15, -0.1) is 11.3 Å². The molecule has 0 fully saturated rings. The molecule has 0 aliphatic carbocycles. The molecule has 5 aromatic rings. The van der Waals surface area contributed by atoms with E-state index in [9.17, 15) is 22.8 Å². The molecule has 1 aromatic heterocycles. The number of urea groups is 1. The first-order valence-corrected chi connectivity index (χ1v) is 17.6. The van der Waals surface area contributed by atoms with Gasteiger partial charge in [-0.25, -0.2) is 14.5 Å². The van der Waals surface area contributed by atoms with Gasteiger partial charge >= 0.3 is 16.2 Å². The zero-order chi connectivity index (χ0) is 35.0. The van der Waals surface area contributed by atoms with Gasteiger partial charge in [-0.05, 0) is 60.0 Å². The smallest absolute Gasteiger partial charge is 0.330 e. The zero-order valence-corrected chi connectivity index (χ0v) is 28.7. The highest BCUT2D eigenvalue weighted by molar-refractivity contribution is 7.88. The maximum atomic E-state index is 13.8. The average molecular weight is 701 g/mol. The lowest BCUT2D eigenvalue weighted by Crippen LogP contribution is -2.57. The van der Waals surface area contributed by atoms with Crippen LogP contribution >= 0.6 is 11.3 Å². The van der Waals surface area contributed by atoms with E-state index in [0.29, 0.717) is 22.7 Å². The number of anilines is 2. The van der Waals surface area contributed by atoms with Crippen molar-refractivity contribution in [3.05, 3.63) is 120 Å². The van der Waals surface area contributed by atoms with Gasteiger partial charge in [0, 0.05) is 31.9 Å². The number of likely N-dealkylation sites (N-methyl/N-ethyl adjacent to an activating group) is 2. The van der Waals surface area contributed by atoms with E-state index in [2.05, 4.69) is 15.0 Å². The fourth-order valence-corrected chi connectivity index (χ4v) is 6.77. The van der Waals surface area contributed by atoms with Crippen LogP contribution in [0.3, 0.4) is 0 Å². The van der Waals surface area contributed by atoms with Crippen LogP contribution in [0.5, 0.6) is 5.75 Å². The topological polar surface area (TPSA) is 150 Å². The molecule has 3 N–H and O–H groups in total. The molecule has 4 aromatic carbocycles. The molecule has 2 atom stereocenters. The zero-order valence-electron chi connectivity index (χ0n) is 27.1. The standard InChI is InChI=1S/C35H36N6O6S2/c1-40(26-14-17-28(47-3)18-15-26)34(43)31(21-25-12-8-5-9-13-25)38-49(45,46)39-35(44)37-30(20-24-10-6-4-7-11-24)33(42)41(2)27-16-19-32-29(22-27)36-23-48-32/h4-19,22-23,30-31,38H,20-21H2,1-3H3,(H2,37,39,44)/t30-,31-/m0/s1. The van der Waals surface area contributed by atoms with Crippen molar-refractivity contribution in [3.8, 4) is 5.75 Å². The van der Waals surface area contributed by atoms with E-state index in [0.717, 1.165) is 15.8 Å². The van der Waals surface area contributed by atoms with E-state index in [1.165, 1.54) is 35.3 Å². The molecule has 0 saturated heterocycles. The van der Waals surface area contributed by atoms with Crippen LogP contribution < -0.4 is 29.3 Å². The van der Waals surface area contributed by atoms with Crippen molar-refractivity contribution in [1.82, 2.24) is 19.7 Å². The fourth-order valence-electron chi connectivity index (χ4n) is 5.19. The molecule has 0 aliphatic heterocycles. The minimum atomic E-state index is -4.62. The molecule has 49 heavy (non-hydrogen) atoms. The Morgan fingerprint density at radius 3 is 1.94 bits per heavy atom. The highest BCUT2D eigenvalue weighted by atomic mass is 32.2. The first-order valence-electron chi connectivity index (χ1n) is 15.2. The number of thiazole rings is 1. The van der Waals surface area contributed by atoms with E-state index in [-0.39, 0.29) is 12.8 Å². The van der Waals surface area contributed by atoms with Crippen LogP contribution in [-0.2, 0) is 32.6 Å². The Kier molecular flexibility index (Phi) is 11.2. The van der Waals surface area contributed by atoms with Crippen molar-refractivity contribution in [2.45, 2.75) is 24.9 Å². The predicted octanol–water partition coefficient (Wildman–Crippen LogP) is 4.29. The average Bonchev–Trinajstić information content (AvgIpc) is 3.58. The Balaban J connectivity index is 1.33. The van der Waals surface area contributed by atoms with Gasteiger partial charge in [-0.3, -0.25) is 9.59 Å². The Hall–Kier alpha value is -5.31. The lowest BCUT2D eigenvalue weighted by molar-refractivity contribution is -0.120. The number of benzene rings is 4. The van der Waals surface area contributed by atoms with Crippen molar-refractivity contribution >= 4 is 61.0 Å². The molecule has 4 amide bonds. The van der Waals surface area contributed by atoms with E-state index in [1.54, 1.807) is 97.5 Å². The first-order chi connectivity index (χ1) is 23.5. The van der Waals surface area contributed by atoms with Crippen molar-refractivity contribution in [3.63, 3.8) is 0 Å². The van der Waals surface area contributed by atoms with Crippen LogP contribution in [0, 0.1) is 0 Å². The summed E-state index contributed by atoms with van der Waals surface area (Å²) in [5.74, 6) is -0.440. The normalized spacial score (nSPS) is 12.5. The molecule has 5 rings (SSSR count). The number of hydrogen-bond donors (Lipinski definition) is 3. The SMILES string of the molecule is COc1ccc(N(C)C(=O)[C@H](Cc2ccccc2)NS(=O)(=O)NC(=O)N[C@@H](Cc2ccccc2)C(=O)N(C)c2ccc3scnc3c2)cc1. The summed E-state index contributed by atoms with van der Waals surface area (Å²) in [7, 11) is 0.00999. The number of ether oxygens (including phenoxy) is 1. The number of aromatic nitrogens is 1. The fraction of sp³-hybridized carbons (Fsp3) is 0.200. The number of carbonyl (C=O) groups excluding carboxylic acids is 3. The summed E-state index contributed by atoms with van der Waals surface area (Å²) in [6.45, 7) is 0. The van der Waals surface area contributed by atoms with Gasteiger partial charge in [0.1, 0.15) is 17.8 Å². The van der Waals surface area contributed by atoms with Crippen molar-refractivity contribution in [1.29, 1.82) is 0 Å². The summed E-state index contributed by atoms with van der Waals surface area (Å²) in [5.41, 5.74) is 4.95. The van der Waals surface area contributed by atoms with Gasteiger partial charge < -0.3 is 19.9 Å². The van der Waals surface area contributed by atoms with Crippen LogP contribution in [0.15, 0.2) is 109 Å². The van der Waals surface area contributed by atoms with E-state index in [4.69, 9.17) is 4.74 Å². The van der Waals surface area contributed by atoms with Gasteiger partial charge in [0.2, 0.25) is 11.8 Å². The number of nitrogens with one attached hydrogen (secondary N) is 3. The van der Waals surface area contributed by atoms with Crippen LogP contribution in [-0.4, -0.2) is 64.5 Å².